The lowest BCUT2D eigenvalue weighted by Crippen LogP contribution is -2.40. The first kappa shape index (κ1) is 24.6. The number of amides is 1. The fourth-order valence-electron chi connectivity index (χ4n) is 4.24. The molecule has 0 aliphatic carbocycles. The summed E-state index contributed by atoms with van der Waals surface area (Å²) in [5.41, 5.74) is 2.51. The molecule has 0 radical (unpaired) electrons. The fraction of sp³-hybridized carbons (Fsp3) is 0.357. The van der Waals surface area contributed by atoms with Gasteiger partial charge >= 0.3 is 0 Å². The molecule has 2 heterocycles. The number of hydrogen-bond acceptors (Lipinski definition) is 4. The number of aliphatic imine (C=N–C) groups is 1. The van der Waals surface area contributed by atoms with Crippen molar-refractivity contribution < 1.29 is 13.6 Å². The zero-order chi connectivity index (χ0) is 25.2. The minimum atomic E-state index is -0.580. The summed E-state index contributed by atoms with van der Waals surface area (Å²) < 4.78 is 28.3. The number of hydrogen-bond donors (Lipinski definition) is 0. The van der Waals surface area contributed by atoms with Crippen molar-refractivity contribution in [2.45, 2.75) is 53.0 Å². The molecule has 0 bridgehead atoms. The topological polar surface area (TPSA) is 58.5 Å². The van der Waals surface area contributed by atoms with Gasteiger partial charge in [-0.05, 0) is 49.1 Å². The van der Waals surface area contributed by atoms with Gasteiger partial charge in [0.2, 0.25) is 5.91 Å². The quantitative estimate of drug-likeness (QED) is 0.406. The third kappa shape index (κ3) is 5.29. The Hall–Kier alpha value is -3.48. The van der Waals surface area contributed by atoms with E-state index in [2.05, 4.69) is 15.2 Å². The van der Waals surface area contributed by atoms with E-state index < -0.39 is 17.0 Å². The first-order valence-corrected chi connectivity index (χ1v) is 12.0. The van der Waals surface area contributed by atoms with Gasteiger partial charge in [-0.1, -0.05) is 58.0 Å². The van der Waals surface area contributed by atoms with Crippen molar-refractivity contribution in [1.82, 2.24) is 10.2 Å². The molecule has 1 atom stereocenters. The van der Waals surface area contributed by atoms with E-state index in [1.807, 2.05) is 64.1 Å². The van der Waals surface area contributed by atoms with E-state index in [1.54, 1.807) is 4.90 Å². The number of carbonyl (C=O) groups excluding carboxylic acids is 1. The largest absolute Gasteiger partial charge is 0.295 e. The standard InChI is InChI=1S/C28H30F2N4O/c1-5-17-34(27(35)28(2,3)4)25-16-15-23(32-33-25)19-11-9-18(10-12-19)22-13-14-24(31-22)26-20(29)7-6-8-21(26)30/h6-12,15-16,22H,5,13-14,17H2,1-4H3. The third-order valence-electron chi connectivity index (χ3n) is 6.07. The predicted octanol–water partition coefficient (Wildman–Crippen LogP) is 6.54. The lowest BCUT2D eigenvalue weighted by molar-refractivity contribution is -0.125. The minimum Gasteiger partial charge on any atom is -0.295 e. The van der Waals surface area contributed by atoms with E-state index in [4.69, 9.17) is 0 Å². The molecule has 5 nitrogen and oxygen atoms in total. The average molecular weight is 477 g/mol. The number of anilines is 1. The van der Waals surface area contributed by atoms with E-state index in [9.17, 15) is 13.6 Å². The highest BCUT2D eigenvalue weighted by Gasteiger charge is 2.29. The monoisotopic (exact) mass is 476 g/mol. The van der Waals surface area contributed by atoms with Crippen LogP contribution in [0, 0.1) is 17.0 Å². The lowest BCUT2D eigenvalue weighted by atomic mass is 9.94. The first-order valence-electron chi connectivity index (χ1n) is 12.0. The lowest BCUT2D eigenvalue weighted by Gasteiger charge is -2.28. The number of halogens is 2. The van der Waals surface area contributed by atoms with Crippen molar-refractivity contribution in [3.8, 4) is 11.3 Å². The van der Waals surface area contributed by atoms with Crippen LogP contribution in [0.25, 0.3) is 11.3 Å². The SMILES string of the molecule is CCCN(C(=O)C(C)(C)C)c1ccc(-c2ccc(C3CCC(c4c(F)cccc4F)=N3)cc2)nn1. The Morgan fingerprint density at radius 1 is 1.00 bits per heavy atom. The average Bonchev–Trinajstić information content (AvgIpc) is 3.31. The van der Waals surface area contributed by atoms with E-state index in [-0.39, 0.29) is 17.5 Å². The van der Waals surface area contributed by atoms with E-state index >= 15 is 0 Å². The Morgan fingerprint density at radius 3 is 2.26 bits per heavy atom. The number of rotatable bonds is 6. The van der Waals surface area contributed by atoms with Gasteiger partial charge in [0.25, 0.3) is 0 Å². The van der Waals surface area contributed by atoms with Crippen LogP contribution in [-0.4, -0.2) is 28.4 Å². The molecule has 3 aromatic rings. The van der Waals surface area contributed by atoms with Crippen LogP contribution in [0.1, 0.15) is 64.1 Å². The third-order valence-corrected chi connectivity index (χ3v) is 6.07. The molecule has 1 unspecified atom stereocenters. The zero-order valence-corrected chi connectivity index (χ0v) is 20.6. The van der Waals surface area contributed by atoms with Gasteiger partial charge in [0, 0.05) is 23.2 Å². The molecule has 1 amide bonds. The smallest absolute Gasteiger partial charge is 0.233 e. The van der Waals surface area contributed by atoms with Gasteiger partial charge in [-0.2, -0.15) is 0 Å². The molecule has 0 fully saturated rings. The van der Waals surface area contributed by atoms with Crippen LogP contribution in [0.5, 0.6) is 0 Å². The van der Waals surface area contributed by atoms with Gasteiger partial charge in [-0.3, -0.25) is 14.7 Å². The molecular weight excluding hydrogens is 446 g/mol. The maximum Gasteiger partial charge on any atom is 0.233 e. The van der Waals surface area contributed by atoms with Crippen LogP contribution < -0.4 is 4.90 Å². The number of nitrogens with zero attached hydrogens (tertiary/aromatic N) is 4. The molecule has 182 valence electrons. The summed E-state index contributed by atoms with van der Waals surface area (Å²) in [6, 6.07) is 15.2. The van der Waals surface area contributed by atoms with Crippen molar-refractivity contribution >= 4 is 17.4 Å². The second-order valence-corrected chi connectivity index (χ2v) is 9.83. The molecule has 35 heavy (non-hydrogen) atoms. The van der Waals surface area contributed by atoms with Crippen LogP contribution in [-0.2, 0) is 4.79 Å². The van der Waals surface area contributed by atoms with Crippen molar-refractivity contribution in [3.05, 3.63) is 77.4 Å². The summed E-state index contributed by atoms with van der Waals surface area (Å²) in [6.07, 6.45) is 2.05. The van der Waals surface area contributed by atoms with Gasteiger partial charge in [-0.15, -0.1) is 10.2 Å². The summed E-state index contributed by atoms with van der Waals surface area (Å²) in [7, 11) is 0. The molecule has 4 rings (SSSR count). The number of benzene rings is 2. The Balaban J connectivity index is 1.51. The van der Waals surface area contributed by atoms with E-state index in [0.29, 0.717) is 36.6 Å². The molecule has 0 N–H and O–H groups in total. The second kappa shape index (κ2) is 10.0. The maximum absolute atomic E-state index is 14.1. The second-order valence-electron chi connectivity index (χ2n) is 9.83. The van der Waals surface area contributed by atoms with Crippen molar-refractivity contribution in [2.24, 2.45) is 10.4 Å². The zero-order valence-electron chi connectivity index (χ0n) is 20.6. The Kier molecular flexibility index (Phi) is 7.05. The van der Waals surface area contributed by atoms with Crippen LogP contribution in [0.15, 0.2) is 59.6 Å². The summed E-state index contributed by atoms with van der Waals surface area (Å²) in [5.74, 6) is -0.607. The van der Waals surface area contributed by atoms with Crippen LogP contribution >= 0.6 is 0 Å². The van der Waals surface area contributed by atoms with E-state index in [0.717, 1.165) is 17.5 Å². The summed E-state index contributed by atoms with van der Waals surface area (Å²) in [6.45, 7) is 8.29. The number of carbonyl (C=O) groups is 1. The van der Waals surface area contributed by atoms with Gasteiger partial charge in [0.15, 0.2) is 5.82 Å². The minimum absolute atomic E-state index is 0.0116. The van der Waals surface area contributed by atoms with Crippen molar-refractivity contribution in [1.29, 1.82) is 0 Å². The molecule has 7 heteroatoms. The predicted molar refractivity (Wildman–Crippen MR) is 134 cm³/mol. The molecule has 0 spiro atoms. The van der Waals surface area contributed by atoms with Crippen molar-refractivity contribution in [2.75, 3.05) is 11.4 Å². The summed E-state index contributed by atoms with van der Waals surface area (Å²) in [4.78, 5) is 19.1. The Morgan fingerprint density at radius 2 is 1.69 bits per heavy atom. The van der Waals surface area contributed by atoms with Gasteiger partial charge in [-0.25, -0.2) is 8.78 Å². The first-order chi connectivity index (χ1) is 16.7. The molecule has 2 aromatic carbocycles. The van der Waals surface area contributed by atoms with Gasteiger partial charge in [0.1, 0.15) is 11.6 Å². The van der Waals surface area contributed by atoms with Crippen LogP contribution in [0.3, 0.4) is 0 Å². The van der Waals surface area contributed by atoms with Crippen LogP contribution in [0.2, 0.25) is 0 Å². The summed E-state index contributed by atoms with van der Waals surface area (Å²) >= 11 is 0. The van der Waals surface area contributed by atoms with Crippen LogP contribution in [0.4, 0.5) is 14.6 Å². The van der Waals surface area contributed by atoms with Crippen molar-refractivity contribution in [3.63, 3.8) is 0 Å². The highest BCUT2D eigenvalue weighted by Crippen LogP contribution is 2.33. The fourth-order valence-corrected chi connectivity index (χ4v) is 4.24. The molecule has 0 saturated carbocycles. The molecule has 1 aliphatic heterocycles. The Bertz CT molecular complexity index is 1210. The summed E-state index contributed by atoms with van der Waals surface area (Å²) in [5, 5.41) is 8.69. The maximum atomic E-state index is 14.1. The molecule has 0 saturated heterocycles. The normalized spacial score (nSPS) is 15.7. The highest BCUT2D eigenvalue weighted by atomic mass is 19.1. The van der Waals surface area contributed by atoms with E-state index in [1.165, 1.54) is 18.2 Å². The molecule has 1 aliphatic rings. The number of aromatic nitrogens is 2. The molecular formula is C28H30F2N4O. The van der Waals surface area contributed by atoms with Gasteiger partial charge in [0.05, 0.1) is 17.3 Å². The highest BCUT2D eigenvalue weighted by molar-refractivity contribution is 6.02. The Labute approximate surface area is 204 Å². The molecule has 1 aromatic heterocycles. The van der Waals surface area contributed by atoms with Gasteiger partial charge < -0.3 is 0 Å².